The van der Waals surface area contributed by atoms with E-state index in [1.807, 2.05) is 6.07 Å². The van der Waals surface area contributed by atoms with E-state index >= 15 is 0 Å². The van der Waals surface area contributed by atoms with Crippen molar-refractivity contribution < 1.29 is 19.4 Å². The summed E-state index contributed by atoms with van der Waals surface area (Å²) < 4.78 is 5.16. The first-order valence-electron chi connectivity index (χ1n) is 5.80. The average molecular weight is 251 g/mol. The number of aliphatic carboxylic acids is 1. The molecule has 1 rings (SSSR count). The maximum absolute atomic E-state index is 11.9. The van der Waals surface area contributed by atoms with Crippen molar-refractivity contribution in [3.8, 4) is 5.75 Å². The van der Waals surface area contributed by atoms with Crippen molar-refractivity contribution in [1.29, 1.82) is 0 Å². The van der Waals surface area contributed by atoms with E-state index in [0.717, 1.165) is 0 Å². The lowest BCUT2D eigenvalue weighted by Gasteiger charge is -2.25. The smallest absolute Gasteiger partial charge is 0.415 e. The number of ether oxygens (including phenoxy) is 1. The fourth-order valence-electron chi connectivity index (χ4n) is 1.63. The van der Waals surface area contributed by atoms with E-state index in [2.05, 4.69) is 0 Å². The topological polar surface area (TPSA) is 66.8 Å². The molecule has 0 aliphatic rings. The number of amides is 1. The second-order valence-corrected chi connectivity index (χ2v) is 3.91. The summed E-state index contributed by atoms with van der Waals surface area (Å²) in [4.78, 5) is 23.9. The predicted octanol–water partition coefficient (Wildman–Crippen LogP) is 2.37. The van der Waals surface area contributed by atoms with E-state index in [1.165, 1.54) is 4.90 Å². The summed E-state index contributed by atoms with van der Waals surface area (Å²) in [5.41, 5.74) is 0. The highest BCUT2D eigenvalue weighted by molar-refractivity contribution is 5.73. The van der Waals surface area contributed by atoms with Gasteiger partial charge in [0.1, 0.15) is 5.75 Å². The largest absolute Gasteiger partial charge is 0.481 e. The zero-order chi connectivity index (χ0) is 13.5. The Hall–Kier alpha value is -2.04. The summed E-state index contributed by atoms with van der Waals surface area (Å²) in [5.74, 6) is -0.489. The number of carbonyl (C=O) groups is 2. The summed E-state index contributed by atoms with van der Waals surface area (Å²) in [6.07, 6.45) is -0.630. The van der Waals surface area contributed by atoms with E-state index < -0.39 is 18.1 Å². The van der Waals surface area contributed by atoms with E-state index in [4.69, 9.17) is 9.84 Å². The molecule has 1 aromatic rings. The molecule has 0 aliphatic heterocycles. The molecule has 1 atom stereocenters. The minimum absolute atomic E-state index is 0.0995. The molecule has 0 radical (unpaired) electrons. The zero-order valence-corrected chi connectivity index (χ0v) is 10.5. The fraction of sp³-hybridized carbons (Fsp3) is 0.385. The Morgan fingerprint density at radius 2 is 1.94 bits per heavy atom. The first kappa shape index (κ1) is 14.0. The molecule has 18 heavy (non-hydrogen) atoms. The van der Waals surface area contributed by atoms with Crippen molar-refractivity contribution in [3.05, 3.63) is 30.3 Å². The first-order chi connectivity index (χ1) is 8.54. The van der Waals surface area contributed by atoms with E-state index in [0.29, 0.717) is 12.3 Å². The molecule has 1 aromatic carbocycles. The highest BCUT2D eigenvalue weighted by Gasteiger charge is 2.22. The van der Waals surface area contributed by atoms with Crippen molar-refractivity contribution in [1.82, 2.24) is 4.90 Å². The van der Waals surface area contributed by atoms with Crippen LogP contribution in [0.2, 0.25) is 0 Å². The lowest BCUT2D eigenvalue weighted by molar-refractivity contribution is -0.138. The van der Waals surface area contributed by atoms with Crippen molar-refractivity contribution in [2.45, 2.75) is 26.3 Å². The third-order valence-electron chi connectivity index (χ3n) is 2.53. The van der Waals surface area contributed by atoms with Crippen LogP contribution in [-0.2, 0) is 4.79 Å². The first-order valence-corrected chi connectivity index (χ1v) is 5.80. The number of benzene rings is 1. The molecule has 1 N–H and O–H groups in total. The Morgan fingerprint density at radius 1 is 1.33 bits per heavy atom. The van der Waals surface area contributed by atoms with E-state index in [-0.39, 0.29) is 6.42 Å². The molecule has 1 unspecified atom stereocenters. The van der Waals surface area contributed by atoms with Crippen LogP contribution in [0, 0.1) is 0 Å². The molecule has 0 spiro atoms. The zero-order valence-electron chi connectivity index (χ0n) is 10.5. The van der Waals surface area contributed by atoms with Gasteiger partial charge in [0.25, 0.3) is 0 Å². The highest BCUT2D eigenvalue weighted by atomic mass is 16.6. The number of para-hydroxylation sites is 1. The maximum Gasteiger partial charge on any atom is 0.415 e. The van der Waals surface area contributed by atoms with Gasteiger partial charge in [-0.1, -0.05) is 18.2 Å². The molecule has 0 aromatic heterocycles. The van der Waals surface area contributed by atoms with Crippen LogP contribution in [0.1, 0.15) is 20.3 Å². The van der Waals surface area contributed by atoms with Crippen LogP contribution in [-0.4, -0.2) is 34.7 Å². The van der Waals surface area contributed by atoms with Crippen molar-refractivity contribution in [2.24, 2.45) is 0 Å². The number of rotatable bonds is 5. The maximum atomic E-state index is 11.9. The van der Waals surface area contributed by atoms with Crippen LogP contribution in [0.25, 0.3) is 0 Å². The summed E-state index contributed by atoms with van der Waals surface area (Å²) in [6.45, 7) is 3.87. The standard InChI is InChI=1S/C13H17NO4/c1-3-14(10(2)9-12(15)16)13(17)18-11-7-5-4-6-8-11/h4-8,10H,3,9H2,1-2H3,(H,15,16). The average Bonchev–Trinajstić information content (AvgIpc) is 2.30. The van der Waals surface area contributed by atoms with Gasteiger partial charge < -0.3 is 14.7 Å². The molecular formula is C13H17NO4. The summed E-state index contributed by atoms with van der Waals surface area (Å²) in [5, 5.41) is 8.72. The van der Waals surface area contributed by atoms with Gasteiger partial charge in [-0.2, -0.15) is 0 Å². The molecule has 1 amide bonds. The van der Waals surface area contributed by atoms with Gasteiger partial charge in [-0.15, -0.1) is 0 Å². The van der Waals surface area contributed by atoms with Gasteiger partial charge in [-0.05, 0) is 26.0 Å². The quantitative estimate of drug-likeness (QED) is 0.872. The second kappa shape index (κ2) is 6.64. The van der Waals surface area contributed by atoms with Crippen molar-refractivity contribution in [3.63, 3.8) is 0 Å². The molecule has 0 bridgehead atoms. The van der Waals surface area contributed by atoms with Crippen LogP contribution in [0.5, 0.6) is 5.75 Å². The molecule has 0 fully saturated rings. The minimum atomic E-state index is -0.937. The Labute approximate surface area is 106 Å². The summed E-state index contributed by atoms with van der Waals surface area (Å²) in [6, 6.07) is 8.30. The molecule has 5 heteroatoms. The highest BCUT2D eigenvalue weighted by Crippen LogP contribution is 2.12. The fourth-order valence-corrected chi connectivity index (χ4v) is 1.63. The molecule has 5 nitrogen and oxygen atoms in total. The predicted molar refractivity (Wildman–Crippen MR) is 66.6 cm³/mol. The lowest BCUT2D eigenvalue weighted by atomic mass is 10.2. The van der Waals surface area contributed by atoms with Gasteiger partial charge in [0.2, 0.25) is 0 Å². The molecule has 0 aliphatic carbocycles. The van der Waals surface area contributed by atoms with Gasteiger partial charge in [0.05, 0.1) is 6.42 Å². The Kier molecular flexibility index (Phi) is 5.17. The van der Waals surface area contributed by atoms with Gasteiger partial charge >= 0.3 is 12.1 Å². The van der Waals surface area contributed by atoms with E-state index in [9.17, 15) is 9.59 Å². The monoisotopic (exact) mass is 251 g/mol. The van der Waals surface area contributed by atoms with Gasteiger partial charge in [-0.25, -0.2) is 4.79 Å². The number of carboxylic acids is 1. The van der Waals surface area contributed by atoms with Crippen molar-refractivity contribution >= 4 is 12.1 Å². The van der Waals surface area contributed by atoms with Crippen LogP contribution < -0.4 is 4.74 Å². The lowest BCUT2D eigenvalue weighted by Crippen LogP contribution is -2.41. The van der Waals surface area contributed by atoms with Gasteiger partial charge in [0.15, 0.2) is 0 Å². The SMILES string of the molecule is CCN(C(=O)Oc1ccccc1)C(C)CC(=O)O. The Bertz CT molecular complexity index is 405. The number of hydrogen-bond acceptors (Lipinski definition) is 3. The minimum Gasteiger partial charge on any atom is -0.481 e. The Balaban J connectivity index is 2.65. The number of hydrogen-bond donors (Lipinski definition) is 1. The summed E-state index contributed by atoms with van der Waals surface area (Å²) in [7, 11) is 0. The Morgan fingerprint density at radius 3 is 2.44 bits per heavy atom. The third kappa shape index (κ3) is 4.08. The van der Waals surface area contributed by atoms with E-state index in [1.54, 1.807) is 38.1 Å². The van der Waals surface area contributed by atoms with Crippen molar-refractivity contribution in [2.75, 3.05) is 6.54 Å². The van der Waals surface area contributed by atoms with Crippen LogP contribution in [0.3, 0.4) is 0 Å². The van der Waals surface area contributed by atoms with Crippen LogP contribution >= 0.6 is 0 Å². The molecular weight excluding hydrogens is 234 g/mol. The van der Waals surface area contributed by atoms with Gasteiger partial charge in [-0.3, -0.25) is 4.79 Å². The second-order valence-electron chi connectivity index (χ2n) is 3.91. The third-order valence-corrected chi connectivity index (χ3v) is 2.53. The number of carboxylic acid groups (broad SMARTS) is 1. The normalized spacial score (nSPS) is 11.7. The van der Waals surface area contributed by atoms with Crippen LogP contribution in [0.15, 0.2) is 30.3 Å². The number of nitrogens with zero attached hydrogens (tertiary/aromatic N) is 1. The molecule has 0 saturated carbocycles. The molecule has 98 valence electrons. The van der Waals surface area contributed by atoms with Crippen LogP contribution in [0.4, 0.5) is 4.79 Å². The number of carbonyl (C=O) groups excluding carboxylic acids is 1. The molecule has 0 heterocycles. The van der Waals surface area contributed by atoms with Gasteiger partial charge in [0, 0.05) is 12.6 Å². The summed E-state index contributed by atoms with van der Waals surface area (Å²) >= 11 is 0. The molecule has 0 saturated heterocycles.